The van der Waals surface area contributed by atoms with Crippen LogP contribution in [0.3, 0.4) is 0 Å². The zero-order valence-corrected chi connectivity index (χ0v) is 8.14. The minimum Gasteiger partial charge on any atom is -0.396 e. The summed E-state index contributed by atoms with van der Waals surface area (Å²) in [5, 5.41) is 13.3. The average Bonchev–Trinajstić information content (AvgIpc) is 2.55. The fraction of sp³-hybridized carbons (Fsp3) is 0.667. The van der Waals surface area contributed by atoms with Gasteiger partial charge in [0.2, 0.25) is 0 Å². The summed E-state index contributed by atoms with van der Waals surface area (Å²) in [5.74, 6) is 0.00454. The highest BCUT2D eigenvalue weighted by Gasteiger charge is 2.14. The van der Waals surface area contributed by atoms with Crippen molar-refractivity contribution in [1.82, 2.24) is 9.78 Å². The second-order valence-corrected chi connectivity index (χ2v) is 3.41. The lowest BCUT2D eigenvalue weighted by atomic mass is 10.1. The van der Waals surface area contributed by atoms with Crippen molar-refractivity contribution in [3.8, 4) is 0 Å². The van der Waals surface area contributed by atoms with Crippen LogP contribution in [0.5, 0.6) is 0 Å². The molecule has 1 atom stereocenters. The van der Waals surface area contributed by atoms with Gasteiger partial charge >= 0.3 is 0 Å². The number of aliphatic hydroxyl groups is 1. The fourth-order valence-electron chi connectivity index (χ4n) is 1.37. The summed E-state index contributed by atoms with van der Waals surface area (Å²) in [6.45, 7) is 4.65. The van der Waals surface area contributed by atoms with Gasteiger partial charge in [0.1, 0.15) is 0 Å². The number of aromatic nitrogens is 2. The number of nitrogens with two attached hydrogens (primary N) is 1. The topological polar surface area (TPSA) is 64.1 Å². The Balaban J connectivity index is 2.91. The van der Waals surface area contributed by atoms with Crippen LogP contribution < -0.4 is 5.73 Å². The minimum absolute atomic E-state index is 0.00454. The molecule has 3 N–H and O–H groups in total. The van der Waals surface area contributed by atoms with Crippen LogP contribution in [0.15, 0.2) is 12.3 Å². The molecule has 1 aromatic heterocycles. The molecule has 0 amide bonds. The van der Waals surface area contributed by atoms with Crippen molar-refractivity contribution in [3.63, 3.8) is 0 Å². The predicted octanol–water partition coefficient (Wildman–Crippen LogP) is 0.499. The highest BCUT2D eigenvalue weighted by atomic mass is 16.3. The third-order valence-electron chi connectivity index (χ3n) is 2.11. The van der Waals surface area contributed by atoms with E-state index in [1.165, 1.54) is 0 Å². The summed E-state index contributed by atoms with van der Waals surface area (Å²) in [5.41, 5.74) is 6.56. The fourth-order valence-corrected chi connectivity index (χ4v) is 1.37. The van der Waals surface area contributed by atoms with Crippen molar-refractivity contribution < 1.29 is 5.11 Å². The second kappa shape index (κ2) is 4.39. The molecular formula is C9H17N3O. The standard InChI is InChI=1S/C9H17N3O/c1-7(2)12-9(3-4-11-12)8(5-10)6-13/h3-4,7-8,13H,5-6,10H2,1-2H3. The van der Waals surface area contributed by atoms with Crippen molar-refractivity contribution >= 4 is 0 Å². The van der Waals surface area contributed by atoms with E-state index in [4.69, 9.17) is 10.8 Å². The SMILES string of the molecule is CC(C)n1nccc1C(CN)CO. The molecule has 0 aromatic carbocycles. The van der Waals surface area contributed by atoms with Gasteiger partial charge in [-0.2, -0.15) is 5.10 Å². The summed E-state index contributed by atoms with van der Waals surface area (Å²) >= 11 is 0. The Bertz CT molecular complexity index is 253. The van der Waals surface area contributed by atoms with Crippen LogP contribution in [-0.4, -0.2) is 28.0 Å². The Labute approximate surface area is 78.4 Å². The first kappa shape index (κ1) is 10.2. The van der Waals surface area contributed by atoms with Gasteiger partial charge in [-0.25, -0.2) is 0 Å². The van der Waals surface area contributed by atoms with Gasteiger partial charge in [0.05, 0.1) is 6.61 Å². The van der Waals surface area contributed by atoms with E-state index in [1.807, 2.05) is 10.7 Å². The molecule has 74 valence electrons. The van der Waals surface area contributed by atoms with E-state index in [0.29, 0.717) is 12.6 Å². The Morgan fingerprint density at radius 1 is 1.62 bits per heavy atom. The summed E-state index contributed by atoms with van der Waals surface area (Å²) < 4.78 is 1.90. The molecule has 13 heavy (non-hydrogen) atoms. The van der Waals surface area contributed by atoms with Crippen LogP contribution in [0, 0.1) is 0 Å². The zero-order chi connectivity index (χ0) is 9.84. The van der Waals surface area contributed by atoms with Gasteiger partial charge in [-0.15, -0.1) is 0 Å². The zero-order valence-electron chi connectivity index (χ0n) is 8.14. The molecule has 0 saturated heterocycles. The summed E-state index contributed by atoms with van der Waals surface area (Å²) in [4.78, 5) is 0. The molecule has 0 fully saturated rings. The average molecular weight is 183 g/mol. The van der Waals surface area contributed by atoms with Crippen molar-refractivity contribution in [2.24, 2.45) is 5.73 Å². The van der Waals surface area contributed by atoms with Gasteiger partial charge in [-0.3, -0.25) is 4.68 Å². The molecule has 4 heteroatoms. The van der Waals surface area contributed by atoms with E-state index < -0.39 is 0 Å². The lowest BCUT2D eigenvalue weighted by Crippen LogP contribution is -2.20. The van der Waals surface area contributed by atoms with E-state index in [9.17, 15) is 0 Å². The van der Waals surface area contributed by atoms with Crippen LogP contribution in [0.4, 0.5) is 0 Å². The van der Waals surface area contributed by atoms with E-state index in [1.54, 1.807) is 6.20 Å². The van der Waals surface area contributed by atoms with Gasteiger partial charge in [0, 0.05) is 30.4 Å². The molecule has 0 aliphatic heterocycles. The highest BCUT2D eigenvalue weighted by molar-refractivity contribution is 5.09. The van der Waals surface area contributed by atoms with Crippen LogP contribution in [0.25, 0.3) is 0 Å². The second-order valence-electron chi connectivity index (χ2n) is 3.41. The lowest BCUT2D eigenvalue weighted by Gasteiger charge is -2.16. The normalized spacial score (nSPS) is 13.6. The summed E-state index contributed by atoms with van der Waals surface area (Å²) in [6, 6.07) is 2.22. The molecule has 0 bridgehead atoms. The van der Waals surface area contributed by atoms with Crippen LogP contribution in [0.2, 0.25) is 0 Å². The Hall–Kier alpha value is -0.870. The molecule has 0 radical (unpaired) electrons. The number of hydrogen-bond acceptors (Lipinski definition) is 3. The third kappa shape index (κ3) is 2.08. The quantitative estimate of drug-likeness (QED) is 0.714. The van der Waals surface area contributed by atoms with Gasteiger partial charge in [0.25, 0.3) is 0 Å². The summed E-state index contributed by atoms with van der Waals surface area (Å²) in [7, 11) is 0. The molecule has 0 aliphatic rings. The lowest BCUT2D eigenvalue weighted by molar-refractivity contribution is 0.260. The van der Waals surface area contributed by atoms with Crippen LogP contribution in [-0.2, 0) is 0 Å². The molecule has 0 aliphatic carbocycles. The minimum atomic E-state index is 0.00454. The third-order valence-corrected chi connectivity index (χ3v) is 2.11. The van der Waals surface area contributed by atoms with Gasteiger partial charge in [-0.05, 0) is 19.9 Å². The van der Waals surface area contributed by atoms with E-state index in [2.05, 4.69) is 18.9 Å². The number of nitrogens with zero attached hydrogens (tertiary/aromatic N) is 2. The van der Waals surface area contributed by atoms with E-state index >= 15 is 0 Å². The van der Waals surface area contributed by atoms with Crippen molar-refractivity contribution in [2.75, 3.05) is 13.2 Å². The maximum absolute atomic E-state index is 9.08. The van der Waals surface area contributed by atoms with Gasteiger partial charge in [-0.1, -0.05) is 0 Å². The first-order valence-corrected chi connectivity index (χ1v) is 4.55. The van der Waals surface area contributed by atoms with Crippen LogP contribution >= 0.6 is 0 Å². The van der Waals surface area contributed by atoms with Crippen molar-refractivity contribution in [1.29, 1.82) is 0 Å². The maximum atomic E-state index is 9.08. The first-order chi connectivity index (χ1) is 6.20. The molecule has 4 nitrogen and oxygen atoms in total. The predicted molar refractivity (Wildman–Crippen MR) is 51.5 cm³/mol. The molecule has 0 spiro atoms. The number of rotatable bonds is 4. The number of aliphatic hydroxyl groups excluding tert-OH is 1. The van der Waals surface area contributed by atoms with Crippen molar-refractivity contribution in [2.45, 2.75) is 25.8 Å². The van der Waals surface area contributed by atoms with Crippen molar-refractivity contribution in [3.05, 3.63) is 18.0 Å². The molecular weight excluding hydrogens is 166 g/mol. The Morgan fingerprint density at radius 3 is 2.77 bits per heavy atom. The maximum Gasteiger partial charge on any atom is 0.0526 e. The highest BCUT2D eigenvalue weighted by Crippen LogP contribution is 2.16. The Morgan fingerprint density at radius 2 is 2.31 bits per heavy atom. The molecule has 0 saturated carbocycles. The first-order valence-electron chi connectivity index (χ1n) is 4.55. The molecule has 1 aromatic rings. The Kier molecular flexibility index (Phi) is 3.45. The smallest absolute Gasteiger partial charge is 0.0526 e. The number of hydrogen-bond donors (Lipinski definition) is 2. The molecule has 1 unspecified atom stereocenters. The van der Waals surface area contributed by atoms with Gasteiger partial charge < -0.3 is 10.8 Å². The summed E-state index contributed by atoms with van der Waals surface area (Å²) in [6.07, 6.45) is 1.74. The molecule has 1 heterocycles. The van der Waals surface area contributed by atoms with Gasteiger partial charge in [0.15, 0.2) is 0 Å². The van der Waals surface area contributed by atoms with Crippen LogP contribution in [0.1, 0.15) is 31.5 Å². The van der Waals surface area contributed by atoms with E-state index in [-0.39, 0.29) is 12.5 Å². The van der Waals surface area contributed by atoms with E-state index in [0.717, 1.165) is 5.69 Å². The monoisotopic (exact) mass is 183 g/mol. The molecule has 1 rings (SSSR count). The largest absolute Gasteiger partial charge is 0.396 e.